The second-order valence-corrected chi connectivity index (χ2v) is 16.0. The van der Waals surface area contributed by atoms with E-state index in [9.17, 15) is 0 Å². The van der Waals surface area contributed by atoms with Crippen LogP contribution < -0.4 is 0 Å². The molecule has 0 radical (unpaired) electrons. The molecule has 0 fully saturated rings. The van der Waals surface area contributed by atoms with Crippen molar-refractivity contribution in [3.63, 3.8) is 0 Å². The van der Waals surface area contributed by atoms with Crippen molar-refractivity contribution in [1.29, 1.82) is 0 Å². The minimum Gasteiger partial charge on any atom is -0.361 e. The van der Waals surface area contributed by atoms with Gasteiger partial charge in [-0.1, -0.05) is 66.4 Å². The van der Waals surface area contributed by atoms with Crippen molar-refractivity contribution in [3.8, 4) is 0 Å². The highest BCUT2D eigenvalue weighted by Gasteiger charge is 2.13. The van der Waals surface area contributed by atoms with E-state index in [1.807, 2.05) is 35.4 Å². The summed E-state index contributed by atoms with van der Waals surface area (Å²) in [5, 5.41) is 4.12. The molecule has 7 nitrogen and oxygen atoms in total. The zero-order chi connectivity index (χ0) is 23.3. The van der Waals surface area contributed by atoms with Gasteiger partial charge in [0.15, 0.2) is 10.3 Å². The largest absolute Gasteiger partial charge is 0.361 e. The summed E-state index contributed by atoms with van der Waals surface area (Å²) >= 11 is 15.0. The van der Waals surface area contributed by atoms with Crippen LogP contribution in [0.5, 0.6) is 0 Å². The molecule has 0 aromatic carbocycles. The fourth-order valence-electron chi connectivity index (χ4n) is 2.72. The van der Waals surface area contributed by atoms with Crippen molar-refractivity contribution in [1.82, 2.24) is 29.5 Å². The van der Waals surface area contributed by atoms with Crippen molar-refractivity contribution in [2.45, 2.75) is 42.7 Å². The topological polar surface area (TPSA) is 81.5 Å². The van der Waals surface area contributed by atoms with Crippen LogP contribution >= 0.6 is 46.7 Å². The van der Waals surface area contributed by atoms with Crippen molar-refractivity contribution >= 4 is 76.9 Å². The molecule has 0 aliphatic rings. The van der Waals surface area contributed by atoms with Crippen LogP contribution in [-0.4, -0.2) is 56.7 Å². The molecule has 0 atom stereocenters. The number of nitrogens with zero attached hydrogens (tertiary/aromatic N) is 5. The lowest BCUT2D eigenvalue weighted by molar-refractivity contribution is 0.0898. The number of ether oxygens (including phenoxy) is 1. The lowest BCUT2D eigenvalue weighted by Gasteiger charge is -2.15. The van der Waals surface area contributed by atoms with Gasteiger partial charge in [0.2, 0.25) is 0 Å². The average Bonchev–Trinajstić information content (AvgIpc) is 3.38. The standard InChI is InChI=1S/C13H20ClN3OSSi.C7H6ClN3S/c1-19-13-15-11(14)10-5-6-17(12(10)16-13)9-18-7-8-20(2,3)4;1-12-7-10-5(8)4-2-3-9-6(4)11-7/h5-6H,7-9H2,1-4H3;2-3H,1H3,(H,9,10,11). The Bertz CT molecular complexity index is 1190. The molecule has 4 aromatic rings. The zero-order valence-corrected chi connectivity index (χ0v) is 22.8. The number of aromatic amines is 1. The molecule has 0 aliphatic heterocycles. The van der Waals surface area contributed by atoms with E-state index >= 15 is 0 Å². The van der Waals surface area contributed by atoms with E-state index in [0.717, 1.165) is 34.7 Å². The molecule has 4 heterocycles. The van der Waals surface area contributed by atoms with Crippen LogP contribution in [0.1, 0.15) is 0 Å². The molecule has 0 spiro atoms. The van der Waals surface area contributed by atoms with Crippen LogP contribution in [-0.2, 0) is 11.5 Å². The predicted molar refractivity (Wildman–Crippen MR) is 139 cm³/mol. The van der Waals surface area contributed by atoms with Crippen molar-refractivity contribution in [2.75, 3.05) is 19.1 Å². The maximum Gasteiger partial charge on any atom is 0.190 e. The van der Waals surface area contributed by atoms with E-state index in [1.54, 1.807) is 6.20 Å². The van der Waals surface area contributed by atoms with Crippen LogP contribution in [0.4, 0.5) is 0 Å². The first-order valence-corrected chi connectivity index (χ1v) is 16.8. The molecule has 32 heavy (non-hydrogen) atoms. The Morgan fingerprint density at radius 2 is 1.62 bits per heavy atom. The number of H-pyrrole nitrogens is 1. The minimum absolute atomic E-state index is 0.500. The van der Waals surface area contributed by atoms with Crippen molar-refractivity contribution in [2.24, 2.45) is 0 Å². The highest BCUT2D eigenvalue weighted by Crippen LogP contribution is 2.24. The monoisotopic (exact) mass is 528 g/mol. The molecular weight excluding hydrogens is 503 g/mol. The summed E-state index contributed by atoms with van der Waals surface area (Å²) in [7, 11) is -1.04. The summed E-state index contributed by atoms with van der Waals surface area (Å²) in [6.07, 6.45) is 7.61. The van der Waals surface area contributed by atoms with Gasteiger partial charge in [0.1, 0.15) is 28.3 Å². The van der Waals surface area contributed by atoms with E-state index in [-0.39, 0.29) is 0 Å². The number of fused-ring (bicyclic) bond motifs is 2. The van der Waals surface area contributed by atoms with Crippen molar-refractivity contribution < 1.29 is 4.74 Å². The number of thioether (sulfide) groups is 2. The lowest BCUT2D eigenvalue weighted by Crippen LogP contribution is -2.22. The molecule has 0 amide bonds. The first-order chi connectivity index (χ1) is 15.2. The third-order valence-electron chi connectivity index (χ3n) is 4.49. The summed E-state index contributed by atoms with van der Waals surface area (Å²) in [6, 6.07) is 4.96. The number of nitrogens with one attached hydrogen (secondary N) is 1. The molecule has 0 aliphatic carbocycles. The third-order valence-corrected chi connectivity index (χ3v) is 7.87. The number of hydrogen-bond acceptors (Lipinski definition) is 7. The van der Waals surface area contributed by atoms with E-state index in [2.05, 4.69) is 44.6 Å². The summed E-state index contributed by atoms with van der Waals surface area (Å²) in [5.41, 5.74) is 1.63. The Balaban J connectivity index is 0.000000204. The van der Waals surface area contributed by atoms with E-state index < -0.39 is 8.07 Å². The van der Waals surface area contributed by atoms with Gasteiger partial charge in [-0.3, -0.25) is 0 Å². The maximum atomic E-state index is 6.16. The summed E-state index contributed by atoms with van der Waals surface area (Å²) < 4.78 is 7.74. The Morgan fingerprint density at radius 3 is 2.28 bits per heavy atom. The van der Waals surface area contributed by atoms with E-state index in [4.69, 9.17) is 27.9 Å². The Morgan fingerprint density at radius 1 is 0.969 bits per heavy atom. The second kappa shape index (κ2) is 11.2. The van der Waals surface area contributed by atoms with Gasteiger partial charge in [0.05, 0.1) is 10.8 Å². The maximum absolute atomic E-state index is 6.16. The van der Waals surface area contributed by atoms with Crippen LogP contribution in [0, 0.1) is 0 Å². The van der Waals surface area contributed by atoms with Gasteiger partial charge in [-0.05, 0) is 30.7 Å². The van der Waals surface area contributed by atoms with E-state index in [0.29, 0.717) is 27.3 Å². The third kappa shape index (κ3) is 6.61. The van der Waals surface area contributed by atoms with Gasteiger partial charge in [0, 0.05) is 27.1 Å². The fourth-order valence-corrected chi connectivity index (χ4v) is 4.76. The molecule has 12 heteroatoms. The molecule has 1 N–H and O–H groups in total. The summed E-state index contributed by atoms with van der Waals surface area (Å²) in [5.74, 6) is 0. The SMILES string of the molecule is CSc1nc(Cl)c2cc[nH]c2n1.CSc1nc(Cl)c2ccn(COCC[Si](C)(C)C)c2n1. The van der Waals surface area contributed by atoms with Crippen LogP contribution in [0.15, 0.2) is 34.8 Å². The van der Waals surface area contributed by atoms with E-state index in [1.165, 1.54) is 23.5 Å². The molecule has 0 bridgehead atoms. The Hall–Kier alpha value is -1.30. The average molecular weight is 530 g/mol. The quantitative estimate of drug-likeness (QED) is 0.0968. The first-order valence-electron chi connectivity index (χ1n) is 9.90. The highest BCUT2D eigenvalue weighted by molar-refractivity contribution is 7.98. The van der Waals surface area contributed by atoms with Gasteiger partial charge < -0.3 is 14.3 Å². The predicted octanol–water partition coefficient (Wildman–Crippen LogP) is 6.45. The zero-order valence-electron chi connectivity index (χ0n) is 18.6. The number of rotatable bonds is 7. The van der Waals surface area contributed by atoms with Gasteiger partial charge in [-0.15, -0.1) is 0 Å². The second-order valence-electron chi connectivity index (χ2n) is 8.11. The Labute approximate surface area is 207 Å². The van der Waals surface area contributed by atoms with Crippen molar-refractivity contribution in [3.05, 3.63) is 34.8 Å². The molecule has 0 saturated carbocycles. The smallest absolute Gasteiger partial charge is 0.190 e. The first kappa shape index (κ1) is 25.3. The number of halogens is 2. The number of aromatic nitrogens is 6. The summed E-state index contributed by atoms with van der Waals surface area (Å²) in [6.45, 7) is 8.34. The molecule has 0 unspecified atom stereocenters. The van der Waals surface area contributed by atoms with Gasteiger partial charge >= 0.3 is 0 Å². The molecule has 0 saturated heterocycles. The lowest BCUT2D eigenvalue weighted by atomic mass is 10.4. The molecule has 172 valence electrons. The molecular formula is C20H26Cl2N6OS2Si. The molecule has 4 rings (SSSR count). The minimum atomic E-state index is -1.04. The van der Waals surface area contributed by atoms with Crippen LogP contribution in [0.2, 0.25) is 36.0 Å². The Kier molecular flexibility index (Phi) is 8.87. The van der Waals surface area contributed by atoms with Crippen LogP contribution in [0.25, 0.3) is 22.1 Å². The highest BCUT2D eigenvalue weighted by atomic mass is 35.5. The summed E-state index contributed by atoms with van der Waals surface area (Å²) in [4.78, 5) is 20.0. The normalized spacial score (nSPS) is 11.7. The molecule has 4 aromatic heterocycles. The van der Waals surface area contributed by atoms with Gasteiger partial charge in [0.25, 0.3) is 0 Å². The fraction of sp³-hybridized carbons (Fsp3) is 0.400. The van der Waals surface area contributed by atoms with Gasteiger partial charge in [-0.25, -0.2) is 19.9 Å². The number of hydrogen-bond donors (Lipinski definition) is 1. The van der Waals surface area contributed by atoms with Gasteiger partial charge in [-0.2, -0.15) is 0 Å². The van der Waals surface area contributed by atoms with Crippen LogP contribution in [0.3, 0.4) is 0 Å².